The summed E-state index contributed by atoms with van der Waals surface area (Å²) in [5, 5.41) is 24.1. The van der Waals surface area contributed by atoms with Crippen LogP contribution in [0.2, 0.25) is 0 Å². The zero-order valence-corrected chi connectivity index (χ0v) is 17.6. The maximum absolute atomic E-state index is 14.2. The van der Waals surface area contributed by atoms with Crippen molar-refractivity contribution in [3.8, 4) is 11.4 Å². The topological polar surface area (TPSA) is 78.3 Å². The Hall–Kier alpha value is -2.67. The summed E-state index contributed by atoms with van der Waals surface area (Å²) in [5.74, 6) is -0.241. The third-order valence-corrected chi connectivity index (χ3v) is 6.36. The molecule has 4 rings (SSSR count). The third-order valence-electron chi connectivity index (χ3n) is 6.36. The Bertz CT molecular complexity index is 1030. The summed E-state index contributed by atoms with van der Waals surface area (Å²) in [6.45, 7) is 2.70. The van der Waals surface area contributed by atoms with Crippen LogP contribution in [0.5, 0.6) is 0 Å². The van der Waals surface area contributed by atoms with Crippen LogP contribution in [-0.2, 0) is 13.0 Å². The summed E-state index contributed by atoms with van der Waals surface area (Å²) in [5.41, 5.74) is 3.57. The van der Waals surface area contributed by atoms with Gasteiger partial charge in [0.1, 0.15) is 5.82 Å². The molecular formula is C25H28FN3O2. The molecule has 3 aromatic rings. The first kappa shape index (κ1) is 21.6. The van der Waals surface area contributed by atoms with Crippen molar-refractivity contribution in [2.45, 2.75) is 38.5 Å². The molecular weight excluding hydrogens is 393 g/mol. The Morgan fingerprint density at radius 3 is 2.61 bits per heavy atom. The maximum Gasteiger partial charge on any atom is 0.162 e. The van der Waals surface area contributed by atoms with E-state index in [0.717, 1.165) is 5.69 Å². The van der Waals surface area contributed by atoms with E-state index in [2.05, 4.69) is 34.3 Å². The Balaban J connectivity index is 1.53. The molecule has 0 amide bonds. The molecule has 31 heavy (non-hydrogen) atoms. The Morgan fingerprint density at radius 1 is 1.06 bits per heavy atom. The highest BCUT2D eigenvalue weighted by atomic mass is 19.1. The van der Waals surface area contributed by atoms with Crippen molar-refractivity contribution in [1.29, 1.82) is 0 Å². The van der Waals surface area contributed by atoms with Gasteiger partial charge in [-0.15, -0.1) is 0 Å². The van der Waals surface area contributed by atoms with E-state index in [1.54, 1.807) is 24.4 Å². The van der Waals surface area contributed by atoms with Crippen LogP contribution in [-0.4, -0.2) is 38.9 Å². The van der Waals surface area contributed by atoms with Gasteiger partial charge in [0.15, 0.2) is 5.82 Å². The number of aryl methyl sites for hydroxylation is 1. The van der Waals surface area contributed by atoms with Crippen LogP contribution in [0.4, 0.5) is 4.39 Å². The lowest BCUT2D eigenvalue weighted by Crippen LogP contribution is -2.36. The Labute approximate surface area is 182 Å². The van der Waals surface area contributed by atoms with Crippen LogP contribution in [0.3, 0.4) is 0 Å². The van der Waals surface area contributed by atoms with Gasteiger partial charge < -0.3 is 15.5 Å². The van der Waals surface area contributed by atoms with Gasteiger partial charge in [-0.3, -0.25) is 0 Å². The van der Waals surface area contributed by atoms with Gasteiger partial charge in [0, 0.05) is 37.0 Å². The van der Waals surface area contributed by atoms with E-state index < -0.39 is 6.10 Å². The second-order valence-corrected chi connectivity index (χ2v) is 8.28. The third kappa shape index (κ3) is 4.82. The quantitative estimate of drug-likeness (QED) is 0.546. The first-order valence-corrected chi connectivity index (χ1v) is 10.7. The Kier molecular flexibility index (Phi) is 6.70. The van der Waals surface area contributed by atoms with Gasteiger partial charge in [0.05, 0.1) is 11.7 Å². The van der Waals surface area contributed by atoms with Crippen molar-refractivity contribution in [2.75, 3.05) is 6.61 Å². The standard InChI is InChI=1S/C25H28FN3O2/c1-16-6-2-3-7-17(16)14-28-23-13-24(31)21(15-30)20(23)12-18-10-11-27-25(29-18)19-8-4-5-9-22(19)26/h2-11,20-21,23-24,28,30-31H,12-15H2,1H3. The number of nitrogens with zero attached hydrogens (tertiary/aromatic N) is 2. The highest BCUT2D eigenvalue weighted by Crippen LogP contribution is 2.35. The average molecular weight is 422 g/mol. The molecule has 0 bridgehead atoms. The molecule has 1 heterocycles. The zero-order chi connectivity index (χ0) is 21.8. The first-order valence-electron chi connectivity index (χ1n) is 10.7. The first-order chi connectivity index (χ1) is 15.1. The number of aromatic nitrogens is 2. The summed E-state index contributed by atoms with van der Waals surface area (Å²) < 4.78 is 14.2. The number of nitrogens with one attached hydrogen (secondary N) is 1. The molecule has 1 aliphatic carbocycles. The highest BCUT2D eigenvalue weighted by molar-refractivity contribution is 5.55. The number of hydrogen-bond acceptors (Lipinski definition) is 5. The predicted molar refractivity (Wildman–Crippen MR) is 118 cm³/mol. The molecule has 5 nitrogen and oxygen atoms in total. The molecule has 162 valence electrons. The predicted octanol–water partition coefficient (Wildman–Crippen LogP) is 3.28. The van der Waals surface area contributed by atoms with Crippen LogP contribution in [0.1, 0.15) is 23.2 Å². The summed E-state index contributed by atoms with van der Waals surface area (Å²) >= 11 is 0. The molecule has 1 saturated carbocycles. The van der Waals surface area contributed by atoms with E-state index in [9.17, 15) is 14.6 Å². The van der Waals surface area contributed by atoms with Gasteiger partial charge in [0.2, 0.25) is 0 Å². The highest BCUT2D eigenvalue weighted by Gasteiger charge is 2.42. The second-order valence-electron chi connectivity index (χ2n) is 8.28. The van der Waals surface area contributed by atoms with Crippen molar-refractivity contribution in [3.05, 3.63) is 83.4 Å². The van der Waals surface area contributed by atoms with E-state index in [-0.39, 0.29) is 30.3 Å². The lowest BCUT2D eigenvalue weighted by Gasteiger charge is -2.25. The van der Waals surface area contributed by atoms with E-state index in [1.165, 1.54) is 17.2 Å². The van der Waals surface area contributed by atoms with Crippen molar-refractivity contribution in [1.82, 2.24) is 15.3 Å². The largest absolute Gasteiger partial charge is 0.396 e. The van der Waals surface area contributed by atoms with Crippen LogP contribution < -0.4 is 5.32 Å². The number of aliphatic hydroxyl groups excluding tert-OH is 2. The van der Waals surface area contributed by atoms with Gasteiger partial charge in [-0.25, -0.2) is 14.4 Å². The SMILES string of the molecule is Cc1ccccc1CNC1CC(O)C(CO)C1Cc1ccnc(-c2ccccc2F)n1. The van der Waals surface area contributed by atoms with Crippen LogP contribution in [0.15, 0.2) is 60.8 Å². The van der Waals surface area contributed by atoms with Crippen molar-refractivity contribution >= 4 is 0 Å². The normalized spacial score (nSPS) is 23.2. The smallest absolute Gasteiger partial charge is 0.162 e. The van der Waals surface area contributed by atoms with E-state index in [1.807, 2.05) is 18.2 Å². The molecule has 0 aliphatic heterocycles. The van der Waals surface area contributed by atoms with Gasteiger partial charge in [0.25, 0.3) is 0 Å². The second kappa shape index (κ2) is 9.64. The molecule has 0 spiro atoms. The molecule has 3 N–H and O–H groups in total. The maximum atomic E-state index is 14.2. The summed E-state index contributed by atoms with van der Waals surface area (Å²) in [7, 11) is 0. The summed E-state index contributed by atoms with van der Waals surface area (Å²) in [4.78, 5) is 8.82. The fourth-order valence-electron chi connectivity index (χ4n) is 4.55. The summed E-state index contributed by atoms with van der Waals surface area (Å²) in [6, 6.07) is 16.5. The lowest BCUT2D eigenvalue weighted by atomic mass is 9.88. The van der Waals surface area contributed by atoms with E-state index >= 15 is 0 Å². The minimum absolute atomic E-state index is 0.00684. The van der Waals surface area contributed by atoms with Gasteiger partial charge in [-0.05, 0) is 55.0 Å². The zero-order valence-electron chi connectivity index (χ0n) is 17.6. The van der Waals surface area contributed by atoms with Crippen LogP contribution in [0.25, 0.3) is 11.4 Å². The average Bonchev–Trinajstić information content (AvgIpc) is 3.07. The van der Waals surface area contributed by atoms with Crippen molar-refractivity contribution in [3.63, 3.8) is 0 Å². The molecule has 0 radical (unpaired) electrons. The molecule has 1 aliphatic rings. The summed E-state index contributed by atoms with van der Waals surface area (Å²) in [6.07, 6.45) is 2.21. The molecule has 6 heteroatoms. The number of benzene rings is 2. The molecule has 1 aromatic heterocycles. The molecule has 0 saturated heterocycles. The Morgan fingerprint density at radius 2 is 1.84 bits per heavy atom. The van der Waals surface area contributed by atoms with Gasteiger partial charge >= 0.3 is 0 Å². The number of hydrogen-bond donors (Lipinski definition) is 3. The fourth-order valence-corrected chi connectivity index (χ4v) is 4.55. The van der Waals surface area contributed by atoms with E-state index in [4.69, 9.17) is 0 Å². The van der Waals surface area contributed by atoms with Gasteiger partial charge in [-0.1, -0.05) is 36.4 Å². The minimum Gasteiger partial charge on any atom is -0.396 e. The minimum atomic E-state index is -0.572. The number of aliphatic hydroxyl groups is 2. The molecule has 2 aromatic carbocycles. The van der Waals surface area contributed by atoms with Crippen LogP contribution >= 0.6 is 0 Å². The van der Waals surface area contributed by atoms with E-state index in [0.29, 0.717) is 30.8 Å². The number of halogens is 1. The van der Waals surface area contributed by atoms with Crippen LogP contribution in [0, 0.1) is 24.6 Å². The van der Waals surface area contributed by atoms with Crippen molar-refractivity contribution in [2.24, 2.45) is 11.8 Å². The monoisotopic (exact) mass is 421 g/mol. The molecule has 1 fully saturated rings. The fraction of sp³-hybridized carbons (Fsp3) is 0.360. The lowest BCUT2D eigenvalue weighted by molar-refractivity contribution is 0.0716. The number of rotatable bonds is 7. The molecule has 4 unspecified atom stereocenters. The van der Waals surface area contributed by atoms with Gasteiger partial charge in [-0.2, -0.15) is 0 Å². The van der Waals surface area contributed by atoms with Crippen molar-refractivity contribution < 1.29 is 14.6 Å². The molecule has 4 atom stereocenters.